The van der Waals surface area contributed by atoms with Gasteiger partial charge in [0.25, 0.3) is 0 Å². The summed E-state index contributed by atoms with van der Waals surface area (Å²) in [6.07, 6.45) is 7.68. The van der Waals surface area contributed by atoms with Crippen molar-refractivity contribution in [3.8, 4) is 12.3 Å². The maximum atomic E-state index is 11.6. The first kappa shape index (κ1) is 12.1. The van der Waals surface area contributed by atoms with Crippen molar-refractivity contribution < 1.29 is 9.63 Å². The Morgan fingerprint density at radius 1 is 1.39 bits per heavy atom. The van der Waals surface area contributed by atoms with Gasteiger partial charge in [-0.3, -0.25) is 0 Å². The average Bonchev–Trinajstić information content (AvgIpc) is 2.78. The van der Waals surface area contributed by atoms with E-state index in [4.69, 9.17) is 11.3 Å². The van der Waals surface area contributed by atoms with Crippen molar-refractivity contribution in [1.29, 1.82) is 0 Å². The number of para-hydroxylation sites is 1. The molecule has 18 heavy (non-hydrogen) atoms. The minimum absolute atomic E-state index is 0.329. The zero-order valence-corrected chi connectivity index (χ0v) is 9.87. The molecule has 0 fully saturated rings. The SMILES string of the molecule is C#CCCCCC(=O)On1nnc2ccccc21. The Hall–Kier alpha value is -2.35. The van der Waals surface area contributed by atoms with Gasteiger partial charge < -0.3 is 4.84 Å². The van der Waals surface area contributed by atoms with E-state index in [1.54, 1.807) is 12.1 Å². The van der Waals surface area contributed by atoms with Gasteiger partial charge in [0.05, 0.1) is 0 Å². The zero-order chi connectivity index (χ0) is 12.8. The molecule has 1 heterocycles. The number of hydrogen-bond acceptors (Lipinski definition) is 4. The number of aromatic nitrogens is 3. The van der Waals surface area contributed by atoms with Crippen molar-refractivity contribution in [2.24, 2.45) is 0 Å². The molecule has 1 aromatic carbocycles. The van der Waals surface area contributed by atoms with E-state index in [0.29, 0.717) is 23.9 Å². The largest absolute Gasteiger partial charge is 0.335 e. The molecule has 0 aliphatic heterocycles. The number of carbonyl (C=O) groups is 1. The highest BCUT2D eigenvalue weighted by molar-refractivity contribution is 5.75. The van der Waals surface area contributed by atoms with Crippen LogP contribution in [0.1, 0.15) is 25.7 Å². The number of nitrogens with zero attached hydrogens (tertiary/aromatic N) is 3. The normalized spacial score (nSPS) is 10.2. The molecule has 0 unspecified atom stereocenters. The Bertz CT molecular complexity index is 583. The fraction of sp³-hybridized carbons (Fsp3) is 0.308. The van der Waals surface area contributed by atoms with Gasteiger partial charge >= 0.3 is 5.97 Å². The molecular formula is C13H13N3O2. The highest BCUT2D eigenvalue weighted by Crippen LogP contribution is 2.08. The monoisotopic (exact) mass is 243 g/mol. The van der Waals surface area contributed by atoms with Gasteiger partial charge in [-0.1, -0.05) is 17.0 Å². The maximum Gasteiger partial charge on any atom is 0.335 e. The fourth-order valence-corrected chi connectivity index (χ4v) is 1.55. The first-order chi connectivity index (χ1) is 8.81. The summed E-state index contributed by atoms with van der Waals surface area (Å²) in [5.41, 5.74) is 1.37. The van der Waals surface area contributed by atoms with Crippen LogP contribution in [0.25, 0.3) is 11.0 Å². The van der Waals surface area contributed by atoms with E-state index in [0.717, 1.165) is 17.7 Å². The van der Waals surface area contributed by atoms with Crippen LogP contribution >= 0.6 is 0 Å². The topological polar surface area (TPSA) is 57.0 Å². The van der Waals surface area contributed by atoms with Crippen LogP contribution in [-0.4, -0.2) is 21.1 Å². The van der Waals surface area contributed by atoms with Gasteiger partial charge in [-0.05, 0) is 30.2 Å². The molecule has 92 valence electrons. The number of terminal acetylenes is 1. The molecule has 0 saturated heterocycles. The third-order valence-corrected chi connectivity index (χ3v) is 2.46. The molecule has 0 bridgehead atoms. The van der Waals surface area contributed by atoms with Gasteiger partial charge in [-0.25, -0.2) is 4.79 Å². The number of benzene rings is 1. The molecule has 2 aromatic rings. The molecule has 0 aliphatic carbocycles. The van der Waals surface area contributed by atoms with E-state index < -0.39 is 0 Å². The molecule has 5 nitrogen and oxygen atoms in total. The number of fused-ring (bicyclic) bond motifs is 1. The van der Waals surface area contributed by atoms with E-state index >= 15 is 0 Å². The summed E-state index contributed by atoms with van der Waals surface area (Å²) in [5, 5.41) is 7.66. The second-order valence-corrected chi connectivity index (χ2v) is 3.83. The van der Waals surface area contributed by atoms with Gasteiger partial charge in [-0.15, -0.1) is 17.4 Å². The van der Waals surface area contributed by atoms with Crippen molar-refractivity contribution in [2.75, 3.05) is 0 Å². The third kappa shape index (κ3) is 2.86. The predicted molar refractivity (Wildman–Crippen MR) is 66.4 cm³/mol. The Labute approximate surface area is 105 Å². The van der Waals surface area contributed by atoms with Crippen LogP contribution in [0.5, 0.6) is 0 Å². The number of hydrogen-bond donors (Lipinski definition) is 0. The number of unbranched alkanes of at least 4 members (excludes halogenated alkanes) is 2. The van der Waals surface area contributed by atoms with Gasteiger partial charge in [0.2, 0.25) is 0 Å². The van der Waals surface area contributed by atoms with E-state index in [1.165, 1.54) is 0 Å². The summed E-state index contributed by atoms with van der Waals surface area (Å²) in [6, 6.07) is 7.28. The van der Waals surface area contributed by atoms with Crippen LogP contribution in [0.2, 0.25) is 0 Å². The molecule has 0 amide bonds. The second-order valence-electron chi connectivity index (χ2n) is 3.83. The lowest BCUT2D eigenvalue weighted by molar-refractivity contribution is -0.145. The van der Waals surface area contributed by atoms with Crippen molar-refractivity contribution in [1.82, 2.24) is 15.2 Å². The van der Waals surface area contributed by atoms with E-state index in [2.05, 4.69) is 16.2 Å². The Morgan fingerprint density at radius 2 is 2.22 bits per heavy atom. The van der Waals surface area contributed by atoms with Crippen LogP contribution in [0.15, 0.2) is 24.3 Å². The first-order valence-electron chi connectivity index (χ1n) is 5.76. The molecule has 0 atom stereocenters. The van der Waals surface area contributed by atoms with E-state index in [-0.39, 0.29) is 5.97 Å². The third-order valence-electron chi connectivity index (χ3n) is 2.46. The van der Waals surface area contributed by atoms with Crippen LogP contribution in [0.4, 0.5) is 0 Å². The quantitative estimate of drug-likeness (QED) is 0.454. The minimum atomic E-state index is -0.331. The standard InChI is InChI=1S/C13H13N3O2/c1-2-3-4-5-10-13(17)18-16-12-9-7-6-8-11(12)14-15-16/h1,6-9H,3-5,10H2. The zero-order valence-electron chi connectivity index (χ0n) is 9.87. The lowest BCUT2D eigenvalue weighted by Gasteiger charge is -2.02. The van der Waals surface area contributed by atoms with Crippen molar-refractivity contribution in [3.05, 3.63) is 24.3 Å². The summed E-state index contributed by atoms with van der Waals surface area (Å²) < 4.78 is 0. The molecule has 0 spiro atoms. The van der Waals surface area contributed by atoms with Crippen LogP contribution in [0, 0.1) is 12.3 Å². The highest BCUT2D eigenvalue weighted by Gasteiger charge is 2.09. The fourth-order valence-electron chi connectivity index (χ4n) is 1.55. The summed E-state index contributed by atoms with van der Waals surface area (Å²) in [6.45, 7) is 0. The van der Waals surface area contributed by atoms with Crippen molar-refractivity contribution in [3.63, 3.8) is 0 Å². The molecular weight excluding hydrogens is 230 g/mol. The smallest absolute Gasteiger partial charge is 0.317 e. The van der Waals surface area contributed by atoms with Crippen molar-refractivity contribution in [2.45, 2.75) is 25.7 Å². The van der Waals surface area contributed by atoms with E-state index in [1.807, 2.05) is 12.1 Å². The molecule has 0 aliphatic rings. The molecule has 0 saturated carbocycles. The lowest BCUT2D eigenvalue weighted by Crippen LogP contribution is -2.20. The Kier molecular flexibility index (Phi) is 3.92. The Morgan fingerprint density at radius 3 is 3.06 bits per heavy atom. The lowest BCUT2D eigenvalue weighted by atomic mass is 10.2. The summed E-state index contributed by atoms with van der Waals surface area (Å²) in [5.74, 6) is 2.20. The molecule has 1 aromatic heterocycles. The maximum absolute atomic E-state index is 11.6. The van der Waals surface area contributed by atoms with Gasteiger partial charge in [0, 0.05) is 12.8 Å². The number of rotatable bonds is 5. The molecule has 5 heteroatoms. The van der Waals surface area contributed by atoms with Crippen LogP contribution < -0.4 is 4.84 Å². The van der Waals surface area contributed by atoms with Gasteiger partial charge in [0.15, 0.2) is 0 Å². The van der Waals surface area contributed by atoms with Crippen LogP contribution in [-0.2, 0) is 4.79 Å². The summed E-state index contributed by atoms with van der Waals surface area (Å²) in [4.78, 5) is 17.8. The minimum Gasteiger partial charge on any atom is -0.317 e. The van der Waals surface area contributed by atoms with E-state index in [9.17, 15) is 4.79 Å². The highest BCUT2D eigenvalue weighted by atomic mass is 16.7. The van der Waals surface area contributed by atoms with Crippen LogP contribution in [0.3, 0.4) is 0 Å². The average molecular weight is 243 g/mol. The van der Waals surface area contributed by atoms with Gasteiger partial charge in [-0.2, -0.15) is 0 Å². The Balaban J connectivity index is 1.93. The molecule has 0 radical (unpaired) electrons. The molecule has 0 N–H and O–H groups in total. The number of carbonyl (C=O) groups excluding carboxylic acids is 1. The summed E-state index contributed by atoms with van der Waals surface area (Å²) >= 11 is 0. The first-order valence-corrected chi connectivity index (χ1v) is 5.76. The second kappa shape index (κ2) is 5.82. The molecule has 2 rings (SSSR count). The van der Waals surface area contributed by atoms with Crippen molar-refractivity contribution >= 4 is 17.0 Å². The van der Waals surface area contributed by atoms with Gasteiger partial charge in [0.1, 0.15) is 11.0 Å². The summed E-state index contributed by atoms with van der Waals surface area (Å²) in [7, 11) is 0. The predicted octanol–water partition coefficient (Wildman–Crippen LogP) is 1.58.